The van der Waals surface area contributed by atoms with Crippen molar-refractivity contribution >= 4 is 21.6 Å². The second-order valence-electron chi connectivity index (χ2n) is 4.10. The normalized spacial score (nSPS) is 16.6. The summed E-state index contributed by atoms with van der Waals surface area (Å²) in [5, 5.41) is 3.13. The van der Waals surface area contributed by atoms with E-state index in [-0.39, 0.29) is 5.82 Å². The van der Waals surface area contributed by atoms with Crippen LogP contribution in [-0.4, -0.2) is 31.1 Å². The van der Waals surface area contributed by atoms with E-state index in [1.54, 1.807) is 12.1 Å². The zero-order valence-corrected chi connectivity index (χ0v) is 10.8. The van der Waals surface area contributed by atoms with Crippen molar-refractivity contribution < 1.29 is 4.39 Å². The highest BCUT2D eigenvalue weighted by molar-refractivity contribution is 9.10. The molecule has 1 aliphatic heterocycles. The number of halogens is 2. The number of nitrogens with one attached hydrogen (secondary N) is 1. The van der Waals surface area contributed by atoms with Crippen LogP contribution in [0.3, 0.4) is 0 Å². The third-order valence-electron chi connectivity index (χ3n) is 2.87. The third-order valence-corrected chi connectivity index (χ3v) is 3.36. The van der Waals surface area contributed by atoms with Gasteiger partial charge in [-0.05, 0) is 44.1 Å². The van der Waals surface area contributed by atoms with Gasteiger partial charge in [0.2, 0.25) is 0 Å². The second-order valence-corrected chi connectivity index (χ2v) is 5.02. The second kappa shape index (κ2) is 5.64. The van der Waals surface area contributed by atoms with Crippen LogP contribution in [0.4, 0.5) is 10.1 Å². The van der Waals surface area contributed by atoms with Gasteiger partial charge in [0, 0.05) is 17.6 Å². The first-order chi connectivity index (χ1) is 7.75. The van der Waals surface area contributed by atoms with Gasteiger partial charge in [-0.25, -0.2) is 4.39 Å². The Morgan fingerprint density at radius 2 is 2.06 bits per heavy atom. The van der Waals surface area contributed by atoms with E-state index in [2.05, 4.69) is 26.1 Å². The molecule has 1 aromatic carbocycles. The van der Waals surface area contributed by atoms with Crippen molar-refractivity contribution in [1.82, 2.24) is 4.90 Å². The molecule has 2 nitrogen and oxygen atoms in total. The molecule has 4 heteroatoms. The number of likely N-dealkylation sites (tertiary alicyclic amines) is 1. The molecule has 1 saturated heterocycles. The summed E-state index contributed by atoms with van der Waals surface area (Å²) in [6.07, 6.45) is 2.59. The quantitative estimate of drug-likeness (QED) is 0.915. The van der Waals surface area contributed by atoms with E-state index >= 15 is 0 Å². The summed E-state index contributed by atoms with van der Waals surface area (Å²) in [5.74, 6) is -0.190. The van der Waals surface area contributed by atoms with E-state index in [1.807, 2.05) is 0 Å². The Bertz CT molecular complexity index is 351. The van der Waals surface area contributed by atoms with E-state index in [9.17, 15) is 4.39 Å². The van der Waals surface area contributed by atoms with E-state index in [0.29, 0.717) is 5.69 Å². The summed E-state index contributed by atoms with van der Waals surface area (Å²) < 4.78 is 14.3. The Kier molecular flexibility index (Phi) is 4.18. The average molecular weight is 287 g/mol. The lowest BCUT2D eigenvalue weighted by molar-refractivity contribution is 0.352. The SMILES string of the molecule is Fc1ccc(Br)cc1NCCN1CCCC1. The fourth-order valence-electron chi connectivity index (χ4n) is 1.99. The molecule has 0 amide bonds. The minimum Gasteiger partial charge on any atom is -0.381 e. The molecule has 0 aromatic heterocycles. The minimum atomic E-state index is -0.190. The van der Waals surface area contributed by atoms with Crippen LogP contribution in [0.1, 0.15) is 12.8 Å². The fraction of sp³-hybridized carbons (Fsp3) is 0.500. The molecule has 0 bridgehead atoms. The number of benzene rings is 1. The Hall–Kier alpha value is -0.610. The minimum absolute atomic E-state index is 0.190. The van der Waals surface area contributed by atoms with E-state index in [0.717, 1.165) is 17.6 Å². The van der Waals surface area contributed by atoms with Crippen LogP contribution in [0, 0.1) is 5.82 Å². The molecule has 0 aliphatic carbocycles. The number of anilines is 1. The van der Waals surface area contributed by atoms with Gasteiger partial charge in [0.25, 0.3) is 0 Å². The molecule has 0 saturated carbocycles. The smallest absolute Gasteiger partial charge is 0.146 e. The molecule has 1 aliphatic rings. The zero-order valence-electron chi connectivity index (χ0n) is 9.18. The van der Waals surface area contributed by atoms with Gasteiger partial charge in [-0.3, -0.25) is 0 Å². The first kappa shape index (κ1) is 11.9. The van der Waals surface area contributed by atoms with Gasteiger partial charge in [-0.1, -0.05) is 15.9 Å². The van der Waals surface area contributed by atoms with Gasteiger partial charge >= 0.3 is 0 Å². The van der Waals surface area contributed by atoms with Crippen LogP contribution < -0.4 is 5.32 Å². The highest BCUT2D eigenvalue weighted by Gasteiger charge is 2.10. The summed E-state index contributed by atoms with van der Waals surface area (Å²) >= 11 is 3.34. The number of nitrogens with zero attached hydrogens (tertiary/aromatic N) is 1. The van der Waals surface area contributed by atoms with Crippen LogP contribution in [0.25, 0.3) is 0 Å². The Morgan fingerprint density at radius 1 is 1.31 bits per heavy atom. The van der Waals surface area contributed by atoms with Gasteiger partial charge in [-0.2, -0.15) is 0 Å². The van der Waals surface area contributed by atoms with Crippen LogP contribution in [0.15, 0.2) is 22.7 Å². The predicted octanol–water partition coefficient (Wildman–Crippen LogP) is 3.10. The molecule has 16 heavy (non-hydrogen) atoms. The Balaban J connectivity index is 1.82. The molecule has 0 atom stereocenters. The van der Waals surface area contributed by atoms with E-state index in [1.165, 1.54) is 32.0 Å². The lowest BCUT2D eigenvalue weighted by atomic mass is 10.3. The number of hydrogen-bond donors (Lipinski definition) is 1. The highest BCUT2D eigenvalue weighted by atomic mass is 79.9. The first-order valence-corrected chi connectivity index (χ1v) is 6.46. The molecular formula is C12H16BrFN2. The monoisotopic (exact) mass is 286 g/mol. The third kappa shape index (κ3) is 3.19. The lowest BCUT2D eigenvalue weighted by Gasteiger charge is -2.15. The first-order valence-electron chi connectivity index (χ1n) is 5.67. The number of rotatable bonds is 4. The Labute approximate surface area is 104 Å². The molecule has 0 spiro atoms. The lowest BCUT2D eigenvalue weighted by Crippen LogP contribution is -2.26. The molecule has 1 heterocycles. The summed E-state index contributed by atoms with van der Waals surface area (Å²) in [5.41, 5.74) is 0.577. The van der Waals surface area contributed by atoms with Crippen molar-refractivity contribution in [2.45, 2.75) is 12.8 Å². The van der Waals surface area contributed by atoms with Crippen LogP contribution >= 0.6 is 15.9 Å². The average Bonchev–Trinajstić information content (AvgIpc) is 2.76. The zero-order chi connectivity index (χ0) is 11.4. The maximum Gasteiger partial charge on any atom is 0.146 e. The van der Waals surface area contributed by atoms with Gasteiger partial charge in [0.1, 0.15) is 5.82 Å². The molecule has 88 valence electrons. The number of hydrogen-bond acceptors (Lipinski definition) is 2. The highest BCUT2D eigenvalue weighted by Crippen LogP contribution is 2.19. The Morgan fingerprint density at radius 3 is 2.81 bits per heavy atom. The summed E-state index contributed by atoms with van der Waals surface area (Å²) in [6.45, 7) is 4.16. The fourth-order valence-corrected chi connectivity index (χ4v) is 2.35. The van der Waals surface area contributed by atoms with E-state index in [4.69, 9.17) is 0 Å². The molecule has 0 radical (unpaired) electrons. The predicted molar refractivity (Wildman–Crippen MR) is 68.3 cm³/mol. The van der Waals surface area contributed by atoms with Gasteiger partial charge < -0.3 is 10.2 Å². The van der Waals surface area contributed by atoms with Crippen molar-refractivity contribution in [3.63, 3.8) is 0 Å². The van der Waals surface area contributed by atoms with Gasteiger partial charge in [-0.15, -0.1) is 0 Å². The maximum atomic E-state index is 13.4. The van der Waals surface area contributed by atoms with E-state index < -0.39 is 0 Å². The van der Waals surface area contributed by atoms with Crippen molar-refractivity contribution in [2.75, 3.05) is 31.5 Å². The summed E-state index contributed by atoms with van der Waals surface area (Å²) in [7, 11) is 0. The van der Waals surface area contributed by atoms with Gasteiger partial charge in [0.15, 0.2) is 0 Å². The van der Waals surface area contributed by atoms with Crippen molar-refractivity contribution in [3.8, 4) is 0 Å². The molecule has 1 fully saturated rings. The molecule has 2 rings (SSSR count). The standard InChI is InChI=1S/C12H16BrFN2/c13-10-3-4-11(14)12(9-10)15-5-8-16-6-1-2-7-16/h3-4,9,15H,1-2,5-8H2. The van der Waals surface area contributed by atoms with Crippen LogP contribution in [-0.2, 0) is 0 Å². The van der Waals surface area contributed by atoms with Crippen LogP contribution in [0.2, 0.25) is 0 Å². The van der Waals surface area contributed by atoms with Crippen molar-refractivity contribution in [2.24, 2.45) is 0 Å². The van der Waals surface area contributed by atoms with Crippen molar-refractivity contribution in [3.05, 3.63) is 28.5 Å². The molecule has 1 aromatic rings. The molecular weight excluding hydrogens is 271 g/mol. The molecule has 1 N–H and O–H groups in total. The van der Waals surface area contributed by atoms with Gasteiger partial charge in [0.05, 0.1) is 5.69 Å². The largest absolute Gasteiger partial charge is 0.381 e. The maximum absolute atomic E-state index is 13.4. The summed E-state index contributed by atoms with van der Waals surface area (Å²) in [4.78, 5) is 2.41. The molecule has 0 unspecified atom stereocenters. The van der Waals surface area contributed by atoms with Crippen molar-refractivity contribution in [1.29, 1.82) is 0 Å². The van der Waals surface area contributed by atoms with Crippen LogP contribution in [0.5, 0.6) is 0 Å². The summed E-state index contributed by atoms with van der Waals surface area (Å²) in [6, 6.07) is 4.96. The topological polar surface area (TPSA) is 15.3 Å².